The Hall–Kier alpha value is -0.392. The fourth-order valence-corrected chi connectivity index (χ4v) is 8.61. The lowest BCUT2D eigenvalue weighted by atomic mass is 9.87. The third kappa shape index (κ3) is 11.5. The van der Waals surface area contributed by atoms with Gasteiger partial charge in [0.15, 0.2) is 33.3 Å². The van der Waals surface area contributed by atoms with Crippen molar-refractivity contribution in [3.8, 4) is 0 Å². The molecule has 0 radical (unpaired) electrons. The van der Waals surface area contributed by atoms with Gasteiger partial charge in [0.25, 0.3) is 0 Å². The van der Waals surface area contributed by atoms with Gasteiger partial charge in [-0.15, -0.1) is 0 Å². The zero-order valence-electron chi connectivity index (χ0n) is 28.4. The molecule has 13 heteroatoms. The van der Waals surface area contributed by atoms with Gasteiger partial charge in [-0.05, 0) is 111 Å². The Bertz CT molecular complexity index is 1090. The highest BCUT2D eigenvalue weighted by atomic mass is 35.5. The van der Waals surface area contributed by atoms with Gasteiger partial charge < -0.3 is 32.3 Å². The van der Waals surface area contributed by atoms with Crippen molar-refractivity contribution < 1.29 is 37.1 Å². The Balaban J connectivity index is 2.83. The highest BCUT2D eigenvalue weighted by Gasteiger charge is 2.59. The highest BCUT2D eigenvalue weighted by molar-refractivity contribution is 6.71. The average Bonchev–Trinajstić information content (AvgIpc) is 2.73. The van der Waals surface area contributed by atoms with Crippen molar-refractivity contribution in [2.45, 2.75) is 135 Å². The summed E-state index contributed by atoms with van der Waals surface area (Å²) in [6.45, 7) is 30.8. The molecule has 0 bridgehead atoms. The first kappa shape index (κ1) is 37.8. The minimum absolute atomic E-state index is 0.130. The molecule has 0 amide bonds. The van der Waals surface area contributed by atoms with Crippen molar-refractivity contribution in [3.05, 3.63) is 34.3 Å². The maximum absolute atomic E-state index is 13.2. The van der Waals surface area contributed by atoms with Gasteiger partial charge in [-0.3, -0.25) is 0 Å². The van der Waals surface area contributed by atoms with E-state index in [1.807, 2.05) is 0 Å². The van der Waals surface area contributed by atoms with Gasteiger partial charge in [-0.2, -0.15) is 0 Å². The molecule has 1 heterocycles. The van der Waals surface area contributed by atoms with E-state index < -0.39 is 75.0 Å². The minimum atomic E-state index is -2.31. The van der Waals surface area contributed by atoms with Crippen LogP contribution in [0.2, 0.25) is 83.6 Å². The van der Waals surface area contributed by atoms with E-state index in [1.165, 1.54) is 0 Å². The third-order valence-electron chi connectivity index (χ3n) is 5.84. The first-order valence-electron chi connectivity index (χ1n) is 14.7. The van der Waals surface area contributed by atoms with E-state index in [0.717, 1.165) is 0 Å². The summed E-state index contributed by atoms with van der Waals surface area (Å²) in [5.74, 6) is -2.59. The van der Waals surface area contributed by atoms with Crippen LogP contribution in [-0.2, 0) is 33.0 Å². The van der Waals surface area contributed by atoms with Crippen LogP contribution >= 0.6 is 11.6 Å². The molecule has 0 aliphatic carbocycles. The Labute approximate surface area is 263 Å². The zero-order chi connectivity index (χ0) is 32.7. The normalized spacial score (nSPS) is 26.3. The monoisotopic (exact) mass is 678 g/mol. The predicted octanol–water partition coefficient (Wildman–Crippen LogP) is 7.35. The molecule has 1 N–H and O–H groups in total. The van der Waals surface area contributed by atoms with Gasteiger partial charge in [0.2, 0.25) is 5.79 Å². The summed E-state index contributed by atoms with van der Waals surface area (Å²) in [6.07, 6.45) is -2.83. The minimum Gasteiger partial charge on any atom is -0.456 e. The van der Waals surface area contributed by atoms with Gasteiger partial charge in [0.05, 0.1) is 17.2 Å². The maximum atomic E-state index is 13.2. The topological polar surface area (TPSA) is 92.7 Å². The van der Waals surface area contributed by atoms with Crippen molar-refractivity contribution in [1.82, 2.24) is 0 Å². The molecule has 242 valence electrons. The van der Waals surface area contributed by atoms with Crippen LogP contribution in [0.3, 0.4) is 0 Å². The number of benzene rings is 1. The van der Waals surface area contributed by atoms with Crippen LogP contribution in [0, 0.1) is 0 Å². The Morgan fingerprint density at radius 1 is 0.857 bits per heavy atom. The molecule has 1 aromatic carbocycles. The van der Waals surface area contributed by atoms with Crippen molar-refractivity contribution in [2.24, 2.45) is 0 Å². The molecule has 1 fully saturated rings. The lowest BCUT2D eigenvalue weighted by Gasteiger charge is -2.54. The van der Waals surface area contributed by atoms with Gasteiger partial charge >= 0.3 is 5.97 Å². The van der Waals surface area contributed by atoms with Crippen LogP contribution in [-0.4, -0.2) is 81.0 Å². The van der Waals surface area contributed by atoms with Gasteiger partial charge in [0.1, 0.15) is 30.0 Å². The molecule has 1 aliphatic rings. The largest absolute Gasteiger partial charge is 0.456 e. The van der Waals surface area contributed by atoms with Crippen molar-refractivity contribution >= 4 is 50.8 Å². The number of aliphatic hydroxyl groups is 1. The standard InChI is InChI=1S/C29H55ClO8Si4/c1-28(2,3)35-27(31)21-18-20(16-17-22(21)30)29(32)26(38-42(13,14)15)25(37-41(10,11)12)24(36-40(7,8)9)23(34-29)19-33-39(4,5)6/h16-18,23-26,32H,19H2,1-15H3/t23?,24-,25+,26-,29?/m1/s1. The van der Waals surface area contributed by atoms with Crippen LogP contribution in [0.1, 0.15) is 36.7 Å². The van der Waals surface area contributed by atoms with Gasteiger partial charge in [0, 0.05) is 5.56 Å². The van der Waals surface area contributed by atoms with Gasteiger partial charge in [-0.25, -0.2) is 4.79 Å². The zero-order valence-corrected chi connectivity index (χ0v) is 33.2. The predicted molar refractivity (Wildman–Crippen MR) is 179 cm³/mol. The number of ether oxygens (including phenoxy) is 2. The molecule has 1 aliphatic heterocycles. The van der Waals surface area contributed by atoms with E-state index in [-0.39, 0.29) is 17.2 Å². The summed E-state index contributed by atoms with van der Waals surface area (Å²) < 4.78 is 39.1. The third-order valence-corrected chi connectivity index (χ3v) is 10.1. The van der Waals surface area contributed by atoms with Crippen molar-refractivity contribution in [3.63, 3.8) is 0 Å². The maximum Gasteiger partial charge on any atom is 0.340 e. The van der Waals surface area contributed by atoms with Crippen molar-refractivity contribution in [1.29, 1.82) is 0 Å². The highest BCUT2D eigenvalue weighted by Crippen LogP contribution is 2.44. The van der Waals surface area contributed by atoms with Gasteiger partial charge in [-0.1, -0.05) is 17.7 Å². The summed E-state index contributed by atoms with van der Waals surface area (Å²) in [4.78, 5) is 13.2. The first-order chi connectivity index (χ1) is 18.6. The number of carbonyl (C=O) groups excluding carboxylic acids is 1. The van der Waals surface area contributed by atoms with E-state index in [0.29, 0.717) is 5.56 Å². The molecular formula is C29H55ClO8Si4. The second-order valence-electron chi connectivity index (χ2n) is 16.0. The number of hydrogen-bond donors (Lipinski definition) is 1. The molecule has 8 nitrogen and oxygen atoms in total. The Morgan fingerprint density at radius 3 is 1.81 bits per heavy atom. The summed E-state index contributed by atoms with van der Waals surface area (Å²) in [7, 11) is -8.64. The lowest BCUT2D eigenvalue weighted by molar-refractivity contribution is -0.348. The molecular weight excluding hydrogens is 624 g/mol. The van der Waals surface area contributed by atoms with E-state index in [2.05, 4.69) is 78.6 Å². The molecule has 5 atom stereocenters. The molecule has 1 saturated heterocycles. The van der Waals surface area contributed by atoms with Crippen LogP contribution in [0.15, 0.2) is 18.2 Å². The number of hydrogen-bond acceptors (Lipinski definition) is 8. The fourth-order valence-electron chi connectivity index (χ4n) is 4.52. The quantitative estimate of drug-likeness (QED) is 0.192. The van der Waals surface area contributed by atoms with E-state index >= 15 is 0 Å². The number of esters is 1. The Morgan fingerprint density at radius 2 is 1.36 bits per heavy atom. The molecule has 0 saturated carbocycles. The first-order valence-corrected chi connectivity index (χ1v) is 28.7. The fraction of sp³-hybridized carbons (Fsp3) is 0.759. The molecule has 2 unspecified atom stereocenters. The SMILES string of the molecule is CC(C)(C)OC(=O)c1cc(C2(O)OC(CO[Si](C)(C)C)[C@@H](O[Si](C)(C)C)[C@H](O[Si](C)(C)C)[C@H]2O[Si](C)(C)C)ccc1Cl. The van der Waals surface area contributed by atoms with E-state index in [9.17, 15) is 9.90 Å². The van der Waals surface area contributed by atoms with Crippen LogP contribution < -0.4 is 0 Å². The summed E-state index contributed by atoms with van der Waals surface area (Å²) in [5, 5.41) is 12.9. The molecule has 2 rings (SSSR count). The van der Waals surface area contributed by atoms with Crippen LogP contribution in [0.5, 0.6) is 0 Å². The smallest absolute Gasteiger partial charge is 0.340 e. The lowest BCUT2D eigenvalue weighted by Crippen LogP contribution is -2.69. The second kappa shape index (κ2) is 13.1. The average molecular weight is 680 g/mol. The molecule has 0 aromatic heterocycles. The van der Waals surface area contributed by atoms with E-state index in [1.54, 1.807) is 39.0 Å². The second-order valence-corrected chi connectivity index (χ2v) is 34.3. The van der Waals surface area contributed by atoms with E-state index in [4.69, 9.17) is 38.8 Å². The molecule has 0 spiro atoms. The number of rotatable bonds is 11. The van der Waals surface area contributed by atoms with Crippen molar-refractivity contribution in [2.75, 3.05) is 6.61 Å². The summed E-state index contributed by atoms with van der Waals surface area (Å²) in [5.41, 5.74) is -0.273. The summed E-state index contributed by atoms with van der Waals surface area (Å²) >= 11 is 6.49. The van der Waals surface area contributed by atoms with Crippen LogP contribution in [0.25, 0.3) is 0 Å². The molecule has 1 aromatic rings. The Kier molecular flexibility index (Phi) is 11.8. The number of halogens is 1. The van der Waals surface area contributed by atoms with Crippen LogP contribution in [0.4, 0.5) is 0 Å². The molecule has 42 heavy (non-hydrogen) atoms. The number of carbonyl (C=O) groups is 1. The summed E-state index contributed by atoms with van der Waals surface area (Å²) in [6, 6.07) is 4.78.